The number of alkyl halides is 7. The third kappa shape index (κ3) is 4.81. The zero-order valence-electron chi connectivity index (χ0n) is 11.9. The fourth-order valence-electron chi connectivity index (χ4n) is 2.19. The second-order valence-electron chi connectivity index (χ2n) is 5.38. The first kappa shape index (κ1) is 19.7. The van der Waals surface area contributed by atoms with E-state index in [0.29, 0.717) is 12.8 Å². The Balaban J connectivity index is 2.47. The maximum Gasteiger partial charge on any atom is 0.460 e. The predicted octanol–water partition coefficient (Wildman–Crippen LogP) is 3.90. The van der Waals surface area contributed by atoms with Crippen molar-refractivity contribution in [1.82, 2.24) is 0 Å². The summed E-state index contributed by atoms with van der Waals surface area (Å²) in [6, 6.07) is 0. The van der Waals surface area contributed by atoms with Gasteiger partial charge in [0.15, 0.2) is 6.61 Å². The highest BCUT2D eigenvalue weighted by molar-refractivity contribution is 5.82. The number of rotatable bonds is 6. The summed E-state index contributed by atoms with van der Waals surface area (Å²) in [7, 11) is 0. The molecule has 134 valence electrons. The van der Waals surface area contributed by atoms with Gasteiger partial charge in [0.1, 0.15) is 5.78 Å². The molecule has 0 aliphatic heterocycles. The highest BCUT2D eigenvalue weighted by Gasteiger charge is 2.73. The van der Waals surface area contributed by atoms with E-state index in [4.69, 9.17) is 0 Å². The van der Waals surface area contributed by atoms with E-state index in [0.717, 1.165) is 12.8 Å². The molecule has 0 N–H and O–H groups in total. The molecule has 1 unspecified atom stereocenters. The van der Waals surface area contributed by atoms with Crippen molar-refractivity contribution in [3.63, 3.8) is 0 Å². The molecule has 1 aliphatic carbocycles. The first-order valence-corrected chi connectivity index (χ1v) is 6.89. The second kappa shape index (κ2) is 7.04. The lowest BCUT2D eigenvalue weighted by Crippen LogP contribution is -2.54. The molecule has 10 heteroatoms. The number of hydrogen-bond acceptors (Lipinski definition) is 3. The van der Waals surface area contributed by atoms with Crippen LogP contribution in [0.15, 0.2) is 0 Å². The zero-order chi connectivity index (χ0) is 17.9. The fraction of sp³-hybridized carbons (Fsp3) is 0.846. The van der Waals surface area contributed by atoms with Gasteiger partial charge in [-0.25, -0.2) is 0 Å². The lowest BCUT2D eigenvalue weighted by molar-refractivity contribution is -0.359. The number of esters is 1. The molecule has 3 nitrogen and oxygen atoms in total. The fourth-order valence-corrected chi connectivity index (χ4v) is 2.19. The number of ether oxygens (including phenoxy) is 1. The van der Waals surface area contributed by atoms with Gasteiger partial charge in [-0.3, -0.25) is 9.59 Å². The summed E-state index contributed by atoms with van der Waals surface area (Å²) in [6.45, 7) is -2.38. The highest BCUT2D eigenvalue weighted by Crippen LogP contribution is 2.46. The Bertz CT molecular complexity index is 445. The van der Waals surface area contributed by atoms with Gasteiger partial charge >= 0.3 is 24.0 Å². The second-order valence-corrected chi connectivity index (χ2v) is 5.38. The van der Waals surface area contributed by atoms with E-state index >= 15 is 0 Å². The molecule has 0 saturated heterocycles. The van der Waals surface area contributed by atoms with Gasteiger partial charge in [-0.05, 0) is 19.3 Å². The van der Waals surface area contributed by atoms with Crippen LogP contribution in [0.1, 0.15) is 38.5 Å². The average Bonchev–Trinajstić information content (AvgIpc) is 2.43. The van der Waals surface area contributed by atoms with Crippen molar-refractivity contribution in [2.24, 2.45) is 5.92 Å². The van der Waals surface area contributed by atoms with Crippen molar-refractivity contribution < 1.29 is 45.1 Å². The minimum atomic E-state index is -6.46. The highest BCUT2D eigenvalue weighted by atomic mass is 19.4. The van der Waals surface area contributed by atoms with Crippen molar-refractivity contribution >= 4 is 11.8 Å². The van der Waals surface area contributed by atoms with Crippen LogP contribution in [0.25, 0.3) is 0 Å². The third-order valence-electron chi connectivity index (χ3n) is 3.61. The van der Waals surface area contributed by atoms with Gasteiger partial charge in [0.25, 0.3) is 0 Å². The van der Waals surface area contributed by atoms with Crippen LogP contribution in [0.5, 0.6) is 0 Å². The van der Waals surface area contributed by atoms with Gasteiger partial charge in [0.05, 0.1) is 0 Å². The average molecular weight is 352 g/mol. The van der Waals surface area contributed by atoms with Crippen LogP contribution < -0.4 is 0 Å². The van der Waals surface area contributed by atoms with E-state index in [2.05, 4.69) is 4.74 Å². The number of halogens is 7. The normalized spacial score (nSPS) is 20.5. The van der Waals surface area contributed by atoms with Gasteiger partial charge < -0.3 is 4.74 Å². The standard InChI is InChI=1S/C13H15F7O3/c14-11(15,12(16,17)13(18,19)20)7-23-10(22)6-5-8-3-1-2-4-9(8)21/h8H,1-7H2. The molecule has 0 heterocycles. The Labute approximate surface area is 127 Å². The summed E-state index contributed by atoms with van der Waals surface area (Å²) < 4.78 is 90.5. The molecular weight excluding hydrogens is 337 g/mol. The Kier molecular flexibility index (Phi) is 6.03. The van der Waals surface area contributed by atoms with E-state index < -0.39 is 42.9 Å². The number of ketones is 1. The van der Waals surface area contributed by atoms with Crippen molar-refractivity contribution in [2.45, 2.75) is 56.5 Å². The summed E-state index contributed by atoms with van der Waals surface area (Å²) >= 11 is 0. The topological polar surface area (TPSA) is 43.4 Å². The number of Topliss-reactive ketones (excluding diaryl/α,β-unsaturated/α-hetero) is 1. The third-order valence-corrected chi connectivity index (χ3v) is 3.61. The van der Waals surface area contributed by atoms with E-state index in [9.17, 15) is 40.3 Å². The summed E-state index contributed by atoms with van der Waals surface area (Å²) in [5.41, 5.74) is 0. The van der Waals surface area contributed by atoms with E-state index in [1.807, 2.05) is 0 Å². The van der Waals surface area contributed by atoms with Crippen LogP contribution in [0.4, 0.5) is 30.7 Å². The van der Waals surface area contributed by atoms with Crippen LogP contribution in [0.3, 0.4) is 0 Å². The van der Waals surface area contributed by atoms with Crippen LogP contribution in [-0.2, 0) is 14.3 Å². The Morgan fingerprint density at radius 3 is 2.22 bits per heavy atom. The molecule has 1 atom stereocenters. The van der Waals surface area contributed by atoms with Crippen molar-refractivity contribution in [2.75, 3.05) is 6.61 Å². The van der Waals surface area contributed by atoms with Crippen molar-refractivity contribution in [3.8, 4) is 0 Å². The summed E-state index contributed by atoms with van der Waals surface area (Å²) in [5.74, 6) is -13.7. The van der Waals surface area contributed by atoms with Gasteiger partial charge in [-0.15, -0.1) is 0 Å². The first-order valence-electron chi connectivity index (χ1n) is 6.89. The van der Waals surface area contributed by atoms with Gasteiger partial charge in [-0.2, -0.15) is 30.7 Å². The molecule has 1 saturated carbocycles. The van der Waals surface area contributed by atoms with E-state index in [1.165, 1.54) is 0 Å². The molecule has 1 aliphatic rings. The molecule has 0 amide bonds. The molecule has 1 rings (SSSR count). The lowest BCUT2D eigenvalue weighted by Gasteiger charge is -2.27. The van der Waals surface area contributed by atoms with Gasteiger partial charge in [0.2, 0.25) is 0 Å². The molecule has 0 aromatic heterocycles. The van der Waals surface area contributed by atoms with Crippen LogP contribution >= 0.6 is 0 Å². The molecule has 0 bridgehead atoms. The maximum absolute atomic E-state index is 12.9. The first-order chi connectivity index (χ1) is 10.4. The molecule has 0 radical (unpaired) electrons. The molecular formula is C13H15F7O3. The lowest BCUT2D eigenvalue weighted by atomic mass is 9.85. The maximum atomic E-state index is 12.9. The van der Waals surface area contributed by atoms with Gasteiger partial charge in [0, 0.05) is 18.8 Å². The summed E-state index contributed by atoms with van der Waals surface area (Å²) in [5, 5.41) is 0. The SMILES string of the molecule is O=C(CCC1CCCCC1=O)OCC(F)(F)C(F)(F)C(F)(F)F. The molecule has 1 fully saturated rings. The summed E-state index contributed by atoms with van der Waals surface area (Å²) in [4.78, 5) is 22.7. The monoisotopic (exact) mass is 352 g/mol. The minimum Gasteiger partial charge on any atom is -0.459 e. The van der Waals surface area contributed by atoms with Gasteiger partial charge in [-0.1, -0.05) is 6.42 Å². The predicted molar refractivity (Wildman–Crippen MR) is 63.1 cm³/mol. The Morgan fingerprint density at radius 2 is 1.70 bits per heavy atom. The van der Waals surface area contributed by atoms with Crippen LogP contribution in [0, 0.1) is 5.92 Å². The quantitative estimate of drug-likeness (QED) is 0.538. The molecule has 23 heavy (non-hydrogen) atoms. The smallest absolute Gasteiger partial charge is 0.459 e. The van der Waals surface area contributed by atoms with E-state index in [-0.39, 0.29) is 12.2 Å². The largest absolute Gasteiger partial charge is 0.460 e. The number of carbonyl (C=O) groups is 2. The van der Waals surface area contributed by atoms with E-state index in [1.54, 1.807) is 0 Å². The zero-order valence-corrected chi connectivity index (χ0v) is 11.9. The molecule has 0 spiro atoms. The van der Waals surface area contributed by atoms with Crippen LogP contribution in [-0.4, -0.2) is 36.4 Å². The summed E-state index contributed by atoms with van der Waals surface area (Å²) in [6.07, 6.45) is -4.61. The minimum absolute atomic E-state index is 0.00109. The Morgan fingerprint density at radius 1 is 1.09 bits per heavy atom. The Hall–Kier alpha value is -1.35. The number of hydrogen-bond donors (Lipinski definition) is 0. The molecule has 0 aromatic carbocycles. The number of carbonyl (C=O) groups excluding carboxylic acids is 2. The van der Waals surface area contributed by atoms with Crippen molar-refractivity contribution in [3.05, 3.63) is 0 Å². The van der Waals surface area contributed by atoms with Crippen molar-refractivity contribution in [1.29, 1.82) is 0 Å². The van der Waals surface area contributed by atoms with Crippen LogP contribution in [0.2, 0.25) is 0 Å². The molecule has 0 aromatic rings.